The smallest absolute Gasteiger partial charge is 0.335 e. The van der Waals surface area contributed by atoms with Crippen LogP contribution in [0.5, 0.6) is 0 Å². The highest BCUT2D eigenvalue weighted by Gasteiger charge is 2.56. The Balaban J connectivity index is 1.45. The second kappa shape index (κ2) is 8.98. The van der Waals surface area contributed by atoms with Crippen molar-refractivity contribution in [1.82, 2.24) is 4.98 Å². The number of ketones is 1. The molecule has 208 valence electrons. The number of rotatable bonds is 4. The normalized spacial score (nSPS) is 19.0. The van der Waals surface area contributed by atoms with E-state index in [1.807, 2.05) is 62.4 Å². The second-order valence-corrected chi connectivity index (χ2v) is 12.0. The fourth-order valence-corrected chi connectivity index (χ4v) is 6.91. The van der Waals surface area contributed by atoms with Crippen LogP contribution < -0.4 is 5.43 Å². The van der Waals surface area contributed by atoms with Gasteiger partial charge >= 0.3 is 11.9 Å². The molecule has 2 aliphatic rings. The van der Waals surface area contributed by atoms with Crippen molar-refractivity contribution < 1.29 is 24.6 Å². The van der Waals surface area contributed by atoms with Gasteiger partial charge in [0.2, 0.25) is 0 Å². The number of aromatic nitrogens is 1. The molecule has 3 N–H and O–H groups in total. The van der Waals surface area contributed by atoms with Crippen molar-refractivity contribution in [1.29, 1.82) is 0 Å². The molecular weight excluding hydrogens is 530 g/mol. The highest BCUT2D eigenvalue weighted by atomic mass is 16.4. The van der Waals surface area contributed by atoms with Crippen LogP contribution in [-0.2, 0) is 12.8 Å². The molecule has 5 aromatic rings. The molecule has 2 atom stereocenters. The molecule has 4 aromatic carbocycles. The lowest BCUT2D eigenvalue weighted by Crippen LogP contribution is -2.20. The number of carbonyl (C=O) groups is 3. The van der Waals surface area contributed by atoms with Gasteiger partial charge in [-0.25, -0.2) is 9.59 Å². The molecule has 0 radical (unpaired) electrons. The van der Waals surface area contributed by atoms with Gasteiger partial charge in [0.1, 0.15) is 0 Å². The number of carbonyl (C=O) groups excluding carboxylic acids is 1. The number of carboxylic acids is 2. The summed E-state index contributed by atoms with van der Waals surface area (Å²) in [7, 11) is 0. The summed E-state index contributed by atoms with van der Waals surface area (Å²) >= 11 is 0. The number of benzene rings is 4. The number of aromatic carboxylic acids is 2. The highest BCUT2D eigenvalue weighted by Crippen LogP contribution is 2.64. The molecule has 0 saturated heterocycles. The Bertz CT molecular complexity index is 2070. The van der Waals surface area contributed by atoms with Crippen LogP contribution in [0, 0.1) is 19.3 Å². The Hall–Kier alpha value is -5.04. The predicted octanol–water partition coefficient (Wildman–Crippen LogP) is 6.20. The van der Waals surface area contributed by atoms with Crippen LogP contribution in [0.4, 0.5) is 0 Å². The summed E-state index contributed by atoms with van der Waals surface area (Å²) in [5, 5.41) is 20.4. The maximum absolute atomic E-state index is 14.1. The van der Waals surface area contributed by atoms with E-state index in [-0.39, 0.29) is 33.7 Å². The molecule has 2 aliphatic carbocycles. The second-order valence-electron chi connectivity index (χ2n) is 12.0. The number of pyridine rings is 1. The lowest BCUT2D eigenvalue weighted by molar-refractivity contribution is 0.0696. The molecule has 1 aromatic heterocycles. The molecule has 7 rings (SSSR count). The number of aryl methyl sites for hydroxylation is 2. The quantitative estimate of drug-likeness (QED) is 0.226. The van der Waals surface area contributed by atoms with E-state index in [0.717, 1.165) is 28.7 Å². The predicted molar refractivity (Wildman–Crippen MR) is 159 cm³/mol. The molecule has 0 bridgehead atoms. The van der Waals surface area contributed by atoms with Gasteiger partial charge < -0.3 is 15.2 Å². The summed E-state index contributed by atoms with van der Waals surface area (Å²) in [5.41, 5.74) is 6.14. The third kappa shape index (κ3) is 4.04. The molecule has 0 amide bonds. The van der Waals surface area contributed by atoms with E-state index in [9.17, 15) is 29.4 Å². The maximum Gasteiger partial charge on any atom is 0.335 e. The van der Waals surface area contributed by atoms with E-state index < -0.39 is 11.9 Å². The fraction of sp³-hybridized carbons (Fsp3) is 0.200. The Kier molecular flexibility index (Phi) is 5.54. The van der Waals surface area contributed by atoms with E-state index >= 15 is 0 Å². The third-order valence-electron chi connectivity index (χ3n) is 9.03. The SMILES string of the molecule is Cc1ccc2c(c1)C(=O)c1cc3[nH]c4ccc(C)cc4c(=O)c3cc1C1C[C@@]1(Cc1cc(C(=O)O)cc(C(=O)O)c1)C2. The van der Waals surface area contributed by atoms with Gasteiger partial charge in [0.15, 0.2) is 11.2 Å². The van der Waals surface area contributed by atoms with E-state index in [0.29, 0.717) is 51.3 Å². The van der Waals surface area contributed by atoms with Gasteiger partial charge in [0.25, 0.3) is 0 Å². The van der Waals surface area contributed by atoms with E-state index in [2.05, 4.69) is 4.98 Å². The topological polar surface area (TPSA) is 125 Å². The minimum Gasteiger partial charge on any atom is -0.478 e. The van der Waals surface area contributed by atoms with Gasteiger partial charge in [0.05, 0.1) is 16.6 Å². The number of hydrogen-bond acceptors (Lipinski definition) is 4. The molecule has 0 aliphatic heterocycles. The summed E-state index contributed by atoms with van der Waals surface area (Å²) in [6.07, 6.45) is 1.73. The van der Waals surface area contributed by atoms with Crippen molar-refractivity contribution in [3.63, 3.8) is 0 Å². The molecule has 7 nitrogen and oxygen atoms in total. The molecular formula is C35H27NO6. The van der Waals surface area contributed by atoms with Crippen molar-refractivity contribution >= 4 is 39.5 Å². The lowest BCUT2D eigenvalue weighted by Gasteiger charge is -2.25. The van der Waals surface area contributed by atoms with Crippen molar-refractivity contribution in [2.75, 3.05) is 0 Å². The average molecular weight is 558 g/mol. The first kappa shape index (κ1) is 25.9. The van der Waals surface area contributed by atoms with Crippen LogP contribution in [0.2, 0.25) is 0 Å². The standard InChI is InChI=1S/C35H27NO6/c1-17-3-5-20-15-35(14-19-9-21(33(39)40)11-22(10-19)34(41)42)16-28(35)24-12-27-30(13-25(24)31(37)23(20)7-17)36-29-6-4-18(2)8-26(29)32(27)38/h3-13,28H,14-16H2,1-2H3,(H,36,38)(H,39,40)(H,41,42)/t28?,35-/m1/s1. The van der Waals surface area contributed by atoms with Crippen molar-refractivity contribution in [3.8, 4) is 0 Å². The summed E-state index contributed by atoms with van der Waals surface area (Å²) < 4.78 is 0. The first-order valence-electron chi connectivity index (χ1n) is 13.9. The molecule has 1 heterocycles. The first-order valence-corrected chi connectivity index (χ1v) is 13.9. The molecule has 0 spiro atoms. The first-order chi connectivity index (χ1) is 20.0. The van der Waals surface area contributed by atoms with Crippen LogP contribution in [0.1, 0.15) is 76.8 Å². The van der Waals surface area contributed by atoms with Crippen molar-refractivity contribution in [3.05, 3.63) is 127 Å². The van der Waals surface area contributed by atoms with Crippen molar-refractivity contribution in [2.45, 2.75) is 39.0 Å². The zero-order chi connectivity index (χ0) is 29.5. The monoisotopic (exact) mass is 557 g/mol. The number of H-pyrrole nitrogens is 1. The maximum atomic E-state index is 14.1. The van der Waals surface area contributed by atoms with Crippen LogP contribution in [0.15, 0.2) is 71.5 Å². The van der Waals surface area contributed by atoms with E-state index in [1.165, 1.54) is 6.07 Å². The molecule has 1 saturated carbocycles. The van der Waals surface area contributed by atoms with Crippen molar-refractivity contribution in [2.24, 2.45) is 5.41 Å². The number of hydrogen-bond donors (Lipinski definition) is 3. The summed E-state index contributed by atoms with van der Waals surface area (Å²) in [5.74, 6) is -2.53. The zero-order valence-electron chi connectivity index (χ0n) is 23.1. The number of carboxylic acid groups (broad SMARTS) is 2. The summed E-state index contributed by atoms with van der Waals surface area (Å²) in [6, 6.07) is 19.5. The van der Waals surface area contributed by atoms with Gasteiger partial charge in [0, 0.05) is 27.4 Å². The molecule has 1 unspecified atom stereocenters. The Labute approximate surface area is 240 Å². The van der Waals surface area contributed by atoms with Gasteiger partial charge in [-0.2, -0.15) is 0 Å². The van der Waals surface area contributed by atoms with E-state index in [4.69, 9.17) is 0 Å². The van der Waals surface area contributed by atoms with Gasteiger partial charge in [-0.05, 0) is 110 Å². The summed E-state index contributed by atoms with van der Waals surface area (Å²) in [4.78, 5) is 54.8. The molecule has 1 fully saturated rings. The third-order valence-corrected chi connectivity index (χ3v) is 9.03. The lowest BCUT2D eigenvalue weighted by atomic mass is 9.78. The number of fused-ring (bicyclic) bond motifs is 6. The van der Waals surface area contributed by atoms with Gasteiger partial charge in [-0.3, -0.25) is 9.59 Å². The van der Waals surface area contributed by atoms with Crippen LogP contribution in [0.3, 0.4) is 0 Å². The average Bonchev–Trinajstić information content (AvgIpc) is 3.64. The van der Waals surface area contributed by atoms with Crippen LogP contribution >= 0.6 is 0 Å². The minimum atomic E-state index is -1.19. The molecule has 7 heteroatoms. The number of nitrogens with one attached hydrogen (secondary N) is 1. The largest absolute Gasteiger partial charge is 0.478 e. The Morgan fingerprint density at radius 1 is 0.810 bits per heavy atom. The Morgan fingerprint density at radius 2 is 1.48 bits per heavy atom. The fourth-order valence-electron chi connectivity index (χ4n) is 6.91. The van der Waals surface area contributed by atoms with E-state index in [1.54, 1.807) is 12.1 Å². The molecule has 42 heavy (non-hydrogen) atoms. The van der Waals surface area contributed by atoms with Gasteiger partial charge in [-0.1, -0.05) is 29.3 Å². The van der Waals surface area contributed by atoms with Crippen LogP contribution in [0.25, 0.3) is 21.8 Å². The zero-order valence-corrected chi connectivity index (χ0v) is 23.1. The minimum absolute atomic E-state index is 0.0651. The highest BCUT2D eigenvalue weighted by molar-refractivity contribution is 6.13. The van der Waals surface area contributed by atoms with Crippen LogP contribution in [-0.4, -0.2) is 32.9 Å². The summed E-state index contributed by atoms with van der Waals surface area (Å²) in [6.45, 7) is 3.88. The van der Waals surface area contributed by atoms with Gasteiger partial charge in [-0.15, -0.1) is 0 Å². The Morgan fingerprint density at radius 3 is 2.19 bits per heavy atom. The number of aromatic amines is 1.